The molecule has 1 aromatic rings. The molecular weight excluding hydrogens is 222 g/mol. The number of unbranched alkanes of at least 4 members (excludes halogenated alkanes) is 2. The van der Waals surface area contributed by atoms with Gasteiger partial charge in [-0.2, -0.15) is 0 Å². The number of aromatic nitrogens is 1. The van der Waals surface area contributed by atoms with Crippen LogP contribution in [0.1, 0.15) is 43.9 Å². The van der Waals surface area contributed by atoms with Gasteiger partial charge in [0.2, 0.25) is 0 Å². The van der Waals surface area contributed by atoms with Gasteiger partial charge in [-0.05, 0) is 56.8 Å². The molecule has 3 heteroatoms. The number of nitrogens with one attached hydrogen (secondary N) is 2. The second-order valence-electron chi connectivity index (χ2n) is 5.00. The summed E-state index contributed by atoms with van der Waals surface area (Å²) in [5.41, 5.74) is 2.63. The van der Waals surface area contributed by atoms with Gasteiger partial charge in [0.05, 0.1) is 0 Å². The number of anilines is 1. The molecule has 1 aliphatic rings. The minimum absolute atomic E-state index is 1.08. The first-order valence-corrected chi connectivity index (χ1v) is 7.33. The predicted molar refractivity (Wildman–Crippen MR) is 77.1 cm³/mol. The Morgan fingerprint density at radius 2 is 2.22 bits per heavy atom. The Morgan fingerprint density at radius 3 is 3.11 bits per heavy atom. The molecule has 0 amide bonds. The summed E-state index contributed by atoms with van der Waals surface area (Å²) in [5.74, 6) is 1.13. The average Bonchev–Trinajstić information content (AvgIpc) is 2.42. The summed E-state index contributed by atoms with van der Waals surface area (Å²) in [6.07, 6.45) is 7.34. The standard InChI is InChI=1S/C15H25N3/c1-2-16-11-5-3-4-8-14-10-9-13-7-6-12-17-15(13)18-14/h9-10,16H,2-8,11-12H2,1H3,(H,17,18). The van der Waals surface area contributed by atoms with Crippen LogP contribution in [0.4, 0.5) is 5.82 Å². The van der Waals surface area contributed by atoms with Gasteiger partial charge in [-0.15, -0.1) is 0 Å². The van der Waals surface area contributed by atoms with Gasteiger partial charge in [0.1, 0.15) is 5.82 Å². The smallest absolute Gasteiger partial charge is 0.129 e. The van der Waals surface area contributed by atoms with Crippen molar-refractivity contribution in [2.75, 3.05) is 25.0 Å². The molecule has 2 N–H and O–H groups in total. The van der Waals surface area contributed by atoms with Crippen molar-refractivity contribution in [1.82, 2.24) is 10.3 Å². The van der Waals surface area contributed by atoms with E-state index in [1.165, 1.54) is 43.4 Å². The number of fused-ring (bicyclic) bond motifs is 1. The molecule has 0 aliphatic carbocycles. The lowest BCUT2D eigenvalue weighted by atomic mass is 10.1. The van der Waals surface area contributed by atoms with Gasteiger partial charge in [0, 0.05) is 12.2 Å². The molecule has 0 radical (unpaired) electrons. The Labute approximate surface area is 110 Å². The van der Waals surface area contributed by atoms with E-state index in [2.05, 4.69) is 29.7 Å². The van der Waals surface area contributed by atoms with Crippen LogP contribution in [0.5, 0.6) is 0 Å². The third kappa shape index (κ3) is 3.98. The lowest BCUT2D eigenvalue weighted by Crippen LogP contribution is -2.14. The average molecular weight is 247 g/mol. The van der Waals surface area contributed by atoms with Crippen LogP contribution >= 0.6 is 0 Å². The molecule has 0 aromatic carbocycles. The Hall–Kier alpha value is -1.09. The highest BCUT2D eigenvalue weighted by molar-refractivity contribution is 5.46. The highest BCUT2D eigenvalue weighted by atomic mass is 15.0. The van der Waals surface area contributed by atoms with E-state index >= 15 is 0 Å². The van der Waals surface area contributed by atoms with Crippen LogP contribution in [0.3, 0.4) is 0 Å². The predicted octanol–water partition coefficient (Wildman–Crippen LogP) is 2.76. The Bertz CT molecular complexity index is 363. The summed E-state index contributed by atoms with van der Waals surface area (Å²) in [7, 11) is 0. The topological polar surface area (TPSA) is 37.0 Å². The van der Waals surface area contributed by atoms with Gasteiger partial charge in [0.25, 0.3) is 0 Å². The van der Waals surface area contributed by atoms with Gasteiger partial charge in [-0.3, -0.25) is 0 Å². The fourth-order valence-electron chi connectivity index (χ4n) is 2.42. The Morgan fingerprint density at radius 1 is 1.28 bits per heavy atom. The fraction of sp³-hybridized carbons (Fsp3) is 0.667. The molecule has 100 valence electrons. The second kappa shape index (κ2) is 7.37. The number of hydrogen-bond donors (Lipinski definition) is 2. The molecule has 0 bridgehead atoms. The van der Waals surface area contributed by atoms with E-state index in [0.29, 0.717) is 0 Å². The van der Waals surface area contributed by atoms with E-state index in [0.717, 1.165) is 31.9 Å². The van der Waals surface area contributed by atoms with E-state index in [1.807, 2.05) is 0 Å². The van der Waals surface area contributed by atoms with Crippen LogP contribution < -0.4 is 10.6 Å². The summed E-state index contributed by atoms with van der Waals surface area (Å²) < 4.78 is 0. The van der Waals surface area contributed by atoms with Crippen molar-refractivity contribution < 1.29 is 0 Å². The summed E-state index contributed by atoms with van der Waals surface area (Å²) >= 11 is 0. The van der Waals surface area contributed by atoms with Gasteiger partial charge in [-0.25, -0.2) is 4.98 Å². The first-order chi connectivity index (χ1) is 8.90. The van der Waals surface area contributed by atoms with Crippen LogP contribution in [-0.4, -0.2) is 24.6 Å². The first kappa shape index (κ1) is 13.3. The molecular formula is C15H25N3. The minimum Gasteiger partial charge on any atom is -0.370 e. The second-order valence-corrected chi connectivity index (χ2v) is 5.00. The number of pyridine rings is 1. The largest absolute Gasteiger partial charge is 0.370 e. The number of hydrogen-bond acceptors (Lipinski definition) is 3. The quantitative estimate of drug-likeness (QED) is 0.727. The molecule has 0 spiro atoms. The third-order valence-electron chi connectivity index (χ3n) is 3.49. The molecule has 0 fully saturated rings. The van der Waals surface area contributed by atoms with Gasteiger partial charge >= 0.3 is 0 Å². The van der Waals surface area contributed by atoms with Crippen LogP contribution in [-0.2, 0) is 12.8 Å². The zero-order chi connectivity index (χ0) is 12.6. The number of nitrogens with zero attached hydrogens (tertiary/aromatic N) is 1. The van der Waals surface area contributed by atoms with E-state index in [9.17, 15) is 0 Å². The minimum atomic E-state index is 1.08. The zero-order valence-electron chi connectivity index (χ0n) is 11.5. The Balaban J connectivity index is 1.72. The summed E-state index contributed by atoms with van der Waals surface area (Å²) in [4.78, 5) is 4.72. The normalized spacial score (nSPS) is 14.1. The highest BCUT2D eigenvalue weighted by Gasteiger charge is 2.09. The van der Waals surface area contributed by atoms with Crippen molar-refractivity contribution in [1.29, 1.82) is 0 Å². The summed E-state index contributed by atoms with van der Waals surface area (Å²) in [6, 6.07) is 4.46. The van der Waals surface area contributed by atoms with Gasteiger partial charge in [0.15, 0.2) is 0 Å². The van der Waals surface area contributed by atoms with E-state index in [1.54, 1.807) is 0 Å². The molecule has 0 atom stereocenters. The van der Waals surface area contributed by atoms with Crippen LogP contribution in [0, 0.1) is 0 Å². The lowest BCUT2D eigenvalue weighted by Gasteiger charge is -2.17. The van der Waals surface area contributed by atoms with Gasteiger partial charge in [-0.1, -0.05) is 19.4 Å². The molecule has 2 rings (SSSR count). The van der Waals surface area contributed by atoms with Crippen LogP contribution in [0.25, 0.3) is 0 Å². The molecule has 1 aromatic heterocycles. The lowest BCUT2D eigenvalue weighted by molar-refractivity contribution is 0.613. The fourth-order valence-corrected chi connectivity index (χ4v) is 2.42. The molecule has 0 saturated heterocycles. The molecule has 18 heavy (non-hydrogen) atoms. The van der Waals surface area contributed by atoms with Crippen molar-refractivity contribution in [3.63, 3.8) is 0 Å². The van der Waals surface area contributed by atoms with Crippen molar-refractivity contribution in [3.05, 3.63) is 23.4 Å². The first-order valence-electron chi connectivity index (χ1n) is 7.33. The van der Waals surface area contributed by atoms with E-state index < -0.39 is 0 Å². The van der Waals surface area contributed by atoms with E-state index in [-0.39, 0.29) is 0 Å². The van der Waals surface area contributed by atoms with Crippen molar-refractivity contribution >= 4 is 5.82 Å². The maximum atomic E-state index is 4.72. The van der Waals surface area contributed by atoms with Crippen molar-refractivity contribution in [2.45, 2.75) is 45.4 Å². The number of aryl methyl sites for hydroxylation is 2. The molecule has 1 aliphatic heterocycles. The molecule has 0 unspecified atom stereocenters. The maximum absolute atomic E-state index is 4.72. The molecule has 0 saturated carbocycles. The zero-order valence-corrected chi connectivity index (χ0v) is 11.5. The monoisotopic (exact) mass is 247 g/mol. The highest BCUT2D eigenvalue weighted by Crippen LogP contribution is 2.20. The summed E-state index contributed by atoms with van der Waals surface area (Å²) in [5, 5.41) is 6.76. The molecule has 2 heterocycles. The maximum Gasteiger partial charge on any atom is 0.129 e. The van der Waals surface area contributed by atoms with E-state index in [4.69, 9.17) is 4.98 Å². The molecule has 3 nitrogen and oxygen atoms in total. The SMILES string of the molecule is CCNCCCCCc1ccc2c(n1)NCCC2. The summed E-state index contributed by atoms with van der Waals surface area (Å²) in [6.45, 7) is 5.46. The van der Waals surface area contributed by atoms with Crippen molar-refractivity contribution in [3.8, 4) is 0 Å². The van der Waals surface area contributed by atoms with Crippen LogP contribution in [0.15, 0.2) is 12.1 Å². The van der Waals surface area contributed by atoms with Gasteiger partial charge < -0.3 is 10.6 Å². The Kier molecular flexibility index (Phi) is 5.46. The third-order valence-corrected chi connectivity index (χ3v) is 3.49. The number of rotatable bonds is 7. The van der Waals surface area contributed by atoms with Crippen LogP contribution in [0.2, 0.25) is 0 Å². The van der Waals surface area contributed by atoms with Crippen molar-refractivity contribution in [2.24, 2.45) is 0 Å².